The fourth-order valence-corrected chi connectivity index (χ4v) is 4.73. The summed E-state index contributed by atoms with van der Waals surface area (Å²) in [5.41, 5.74) is 4.66. The van der Waals surface area contributed by atoms with Crippen LogP contribution in [-0.2, 0) is 22.6 Å². The van der Waals surface area contributed by atoms with Crippen LogP contribution in [0.5, 0.6) is 5.75 Å². The van der Waals surface area contributed by atoms with Crippen LogP contribution in [0.3, 0.4) is 0 Å². The van der Waals surface area contributed by atoms with Gasteiger partial charge in [-0.3, -0.25) is 9.69 Å². The lowest BCUT2D eigenvalue weighted by Gasteiger charge is -2.37. The van der Waals surface area contributed by atoms with Gasteiger partial charge in [0.1, 0.15) is 16.8 Å². The number of carbonyl (C=O) groups is 2. The van der Waals surface area contributed by atoms with E-state index < -0.39 is 18.1 Å². The molecule has 13 heteroatoms. The molecule has 1 fully saturated rings. The number of benzene rings is 2. The number of carboxylic acid groups (broad SMARTS) is 2. The Hall–Kier alpha value is -4.02. The summed E-state index contributed by atoms with van der Waals surface area (Å²) in [6, 6.07) is 13.8. The van der Waals surface area contributed by atoms with Crippen molar-refractivity contribution in [3.05, 3.63) is 53.1 Å². The molecule has 1 saturated heterocycles. The summed E-state index contributed by atoms with van der Waals surface area (Å²) in [5.74, 6) is -2.51. The fourth-order valence-electron chi connectivity index (χ4n) is 4.06. The van der Waals surface area contributed by atoms with E-state index in [-0.39, 0.29) is 12.0 Å². The van der Waals surface area contributed by atoms with E-state index in [1.165, 1.54) is 22.7 Å². The van der Waals surface area contributed by atoms with E-state index >= 15 is 0 Å². The fraction of sp³-hybridized carbons (Fsp3) is 0.370. The number of carboxylic acids is 2. The molecule has 0 radical (unpaired) electrons. The predicted octanol–water partition coefficient (Wildman–Crippen LogP) is 5.24. The van der Waals surface area contributed by atoms with Crippen molar-refractivity contribution in [3.8, 4) is 33.8 Å². The molecule has 1 aliphatic rings. The molecule has 0 bridgehead atoms. The summed E-state index contributed by atoms with van der Waals surface area (Å²) >= 11 is 1.31. The van der Waals surface area contributed by atoms with Gasteiger partial charge >= 0.3 is 18.1 Å². The average Bonchev–Trinajstić information content (AvgIpc) is 3.35. The molecule has 40 heavy (non-hydrogen) atoms. The maximum atomic E-state index is 11.1. The van der Waals surface area contributed by atoms with Crippen molar-refractivity contribution in [2.75, 3.05) is 13.1 Å². The summed E-state index contributed by atoms with van der Waals surface area (Å²) in [6.45, 7) is 7.86. The summed E-state index contributed by atoms with van der Waals surface area (Å²) in [7, 11) is 0. The van der Waals surface area contributed by atoms with E-state index in [4.69, 9.17) is 24.7 Å². The topological polar surface area (TPSA) is 137 Å². The summed E-state index contributed by atoms with van der Waals surface area (Å²) in [5, 5.41) is 26.5. The van der Waals surface area contributed by atoms with Crippen LogP contribution in [0.4, 0.5) is 13.2 Å². The highest BCUT2D eigenvalue weighted by Gasteiger charge is 2.38. The largest absolute Gasteiger partial charge is 0.490 e. The Morgan fingerprint density at radius 2 is 1.90 bits per heavy atom. The lowest BCUT2D eigenvalue weighted by molar-refractivity contribution is -0.192. The van der Waals surface area contributed by atoms with Gasteiger partial charge in [-0.2, -0.15) is 22.8 Å². The van der Waals surface area contributed by atoms with Crippen LogP contribution in [-0.4, -0.2) is 61.8 Å². The standard InChI is InChI=1S/C25H26N4O3S.C2HF3O2/c1-4-20-17(12-29-13-19(14-29)25(30)31)6-5-7-21(20)23-27-24(33-28-23)16-8-9-22(32-15(2)3)18(10-16)11-26;3-2(4,5)1(6)7/h5-10,15,19H,4,12-14H2,1-3H3,(H,30,31);(H,6,7). The molecule has 1 aliphatic heterocycles. The van der Waals surface area contributed by atoms with Crippen LogP contribution < -0.4 is 4.74 Å². The van der Waals surface area contributed by atoms with Crippen molar-refractivity contribution in [2.24, 2.45) is 5.92 Å². The van der Waals surface area contributed by atoms with Crippen molar-refractivity contribution in [1.82, 2.24) is 14.3 Å². The maximum absolute atomic E-state index is 11.1. The highest BCUT2D eigenvalue weighted by atomic mass is 32.1. The Kier molecular flexibility index (Phi) is 9.83. The van der Waals surface area contributed by atoms with Gasteiger partial charge in [0.05, 0.1) is 17.6 Å². The summed E-state index contributed by atoms with van der Waals surface area (Å²) in [6.07, 6.45) is -4.27. The first kappa shape index (κ1) is 30.5. The number of rotatable bonds is 8. The van der Waals surface area contributed by atoms with E-state index in [9.17, 15) is 23.2 Å². The second-order valence-corrected chi connectivity index (χ2v) is 9.99. The molecule has 1 aromatic heterocycles. The van der Waals surface area contributed by atoms with Gasteiger partial charge < -0.3 is 14.9 Å². The van der Waals surface area contributed by atoms with Gasteiger partial charge in [-0.1, -0.05) is 25.1 Å². The number of aliphatic carboxylic acids is 2. The van der Waals surface area contributed by atoms with Crippen LogP contribution >= 0.6 is 11.5 Å². The normalized spacial score (nSPS) is 13.7. The van der Waals surface area contributed by atoms with Gasteiger partial charge in [-0.25, -0.2) is 9.78 Å². The Labute approximate surface area is 232 Å². The van der Waals surface area contributed by atoms with E-state index in [1.807, 2.05) is 38.1 Å². The number of nitrogens with zero attached hydrogens (tertiary/aromatic N) is 4. The molecule has 2 heterocycles. The van der Waals surface area contributed by atoms with Gasteiger partial charge in [0.2, 0.25) is 0 Å². The number of alkyl halides is 3. The van der Waals surface area contributed by atoms with Crippen LogP contribution in [0.25, 0.3) is 22.0 Å². The summed E-state index contributed by atoms with van der Waals surface area (Å²) in [4.78, 5) is 26.9. The zero-order chi connectivity index (χ0) is 29.6. The van der Waals surface area contributed by atoms with E-state index in [1.54, 1.807) is 6.07 Å². The molecule has 0 aliphatic carbocycles. The molecule has 3 aromatic rings. The molecule has 212 valence electrons. The van der Waals surface area contributed by atoms with Crippen molar-refractivity contribution >= 4 is 23.5 Å². The SMILES string of the molecule is CCc1c(CN2CC(C(=O)O)C2)cccc1-c1nsc(-c2ccc(OC(C)C)c(C#N)c2)n1.O=C(O)C(F)(F)F. The minimum atomic E-state index is -5.08. The number of likely N-dealkylation sites (tertiary alicyclic amines) is 1. The van der Waals surface area contributed by atoms with E-state index in [0.29, 0.717) is 30.2 Å². The maximum Gasteiger partial charge on any atom is 0.490 e. The number of aromatic nitrogens is 2. The van der Waals surface area contributed by atoms with Gasteiger partial charge in [0.15, 0.2) is 5.82 Å². The van der Waals surface area contributed by atoms with Gasteiger partial charge in [0.25, 0.3) is 0 Å². The van der Waals surface area contributed by atoms with Crippen molar-refractivity contribution in [2.45, 2.75) is 46.0 Å². The van der Waals surface area contributed by atoms with E-state index in [0.717, 1.165) is 29.1 Å². The summed E-state index contributed by atoms with van der Waals surface area (Å²) < 4.78 is 42.1. The van der Waals surface area contributed by atoms with Crippen LogP contribution in [0.2, 0.25) is 0 Å². The molecule has 0 saturated carbocycles. The van der Waals surface area contributed by atoms with Crippen LogP contribution in [0.1, 0.15) is 37.5 Å². The zero-order valence-electron chi connectivity index (χ0n) is 21.9. The van der Waals surface area contributed by atoms with Gasteiger partial charge in [-0.05, 0) is 61.1 Å². The zero-order valence-corrected chi connectivity index (χ0v) is 22.7. The number of ether oxygens (including phenoxy) is 1. The minimum absolute atomic E-state index is 0.0119. The van der Waals surface area contributed by atoms with Crippen LogP contribution in [0.15, 0.2) is 36.4 Å². The first-order valence-electron chi connectivity index (χ1n) is 12.2. The van der Waals surface area contributed by atoms with Crippen molar-refractivity contribution in [1.29, 1.82) is 5.26 Å². The molecule has 9 nitrogen and oxygen atoms in total. The lowest BCUT2D eigenvalue weighted by atomic mass is 9.95. The Morgan fingerprint density at radius 1 is 1.23 bits per heavy atom. The smallest absolute Gasteiger partial charge is 0.490 e. The Morgan fingerprint density at radius 3 is 2.45 bits per heavy atom. The number of hydrogen-bond acceptors (Lipinski definition) is 8. The Balaban J connectivity index is 0.000000559. The molecular formula is C27H27F3N4O5S. The molecule has 0 spiro atoms. The minimum Gasteiger partial charge on any atom is -0.490 e. The predicted molar refractivity (Wildman–Crippen MR) is 141 cm³/mol. The third-order valence-corrected chi connectivity index (χ3v) is 6.71. The molecule has 2 N–H and O–H groups in total. The van der Waals surface area contributed by atoms with Crippen LogP contribution in [0, 0.1) is 17.2 Å². The molecular weight excluding hydrogens is 549 g/mol. The first-order valence-corrected chi connectivity index (χ1v) is 13.0. The second kappa shape index (κ2) is 12.9. The quantitative estimate of drug-likeness (QED) is 0.369. The lowest BCUT2D eigenvalue weighted by Crippen LogP contribution is -2.49. The van der Waals surface area contributed by atoms with E-state index in [2.05, 4.69) is 28.3 Å². The second-order valence-electron chi connectivity index (χ2n) is 9.24. The average molecular weight is 577 g/mol. The molecule has 4 rings (SSSR count). The van der Waals surface area contributed by atoms with Gasteiger partial charge in [0, 0.05) is 30.8 Å². The highest BCUT2D eigenvalue weighted by molar-refractivity contribution is 7.09. The molecule has 0 amide bonds. The molecule has 2 aromatic carbocycles. The van der Waals surface area contributed by atoms with Crippen molar-refractivity contribution in [3.63, 3.8) is 0 Å². The number of hydrogen-bond donors (Lipinski definition) is 2. The molecule has 0 atom stereocenters. The monoisotopic (exact) mass is 576 g/mol. The first-order chi connectivity index (χ1) is 18.8. The number of halogens is 3. The van der Waals surface area contributed by atoms with Gasteiger partial charge in [-0.15, -0.1) is 0 Å². The third kappa shape index (κ3) is 7.55. The third-order valence-electron chi connectivity index (χ3n) is 5.95. The Bertz CT molecular complexity index is 1410. The van der Waals surface area contributed by atoms with Crippen molar-refractivity contribution < 1.29 is 37.7 Å². The number of nitriles is 1. The molecule has 0 unspecified atom stereocenters. The highest BCUT2D eigenvalue weighted by Crippen LogP contribution is 2.33.